The monoisotopic (exact) mass is 201 g/mol. The first-order valence-corrected chi connectivity index (χ1v) is 4.71. The molecule has 1 heterocycles. The van der Waals surface area contributed by atoms with E-state index in [0.717, 1.165) is 16.8 Å². The largest absolute Gasteiger partial charge is 0.404 e. The van der Waals surface area contributed by atoms with Crippen LogP contribution >= 0.6 is 0 Å². The molecule has 0 radical (unpaired) electrons. The Labute approximate surface area is 88.1 Å². The van der Waals surface area contributed by atoms with E-state index >= 15 is 0 Å². The highest BCUT2D eigenvalue weighted by Gasteiger charge is 2.11. The zero-order chi connectivity index (χ0) is 10.8. The van der Waals surface area contributed by atoms with Crippen LogP contribution in [0, 0.1) is 13.8 Å². The molecule has 0 unspecified atom stereocenters. The van der Waals surface area contributed by atoms with Gasteiger partial charge in [0.1, 0.15) is 0 Å². The maximum Gasteiger partial charge on any atom is 0.337 e. The molecule has 1 aliphatic rings. The molecule has 0 amide bonds. The van der Waals surface area contributed by atoms with Crippen LogP contribution in [0.4, 0.5) is 5.69 Å². The minimum Gasteiger partial charge on any atom is -0.404 e. The Balaban J connectivity index is 2.40. The average molecular weight is 201 g/mol. The maximum absolute atomic E-state index is 10.8. The fraction of sp³-hybridized carbons (Fsp3) is 0.167. The third-order valence-electron chi connectivity index (χ3n) is 2.23. The third kappa shape index (κ3) is 1.96. The highest BCUT2D eigenvalue weighted by atomic mass is 16.5. The van der Waals surface area contributed by atoms with Gasteiger partial charge in [-0.2, -0.15) is 0 Å². The number of hydrogen-bond acceptors (Lipinski definition) is 3. The Hall–Kier alpha value is -1.90. The first-order valence-electron chi connectivity index (χ1n) is 4.71. The molecule has 2 rings (SSSR count). The van der Waals surface area contributed by atoms with Crippen molar-refractivity contribution in [1.29, 1.82) is 0 Å². The zero-order valence-electron chi connectivity index (χ0n) is 8.65. The smallest absolute Gasteiger partial charge is 0.337 e. The van der Waals surface area contributed by atoms with E-state index < -0.39 is 0 Å². The average Bonchev–Trinajstić information content (AvgIpc) is 2.58. The first-order chi connectivity index (χ1) is 7.16. The van der Waals surface area contributed by atoms with Gasteiger partial charge in [-0.3, -0.25) is 0 Å². The molecule has 1 aromatic carbocycles. The molecule has 76 valence electrons. The summed E-state index contributed by atoms with van der Waals surface area (Å²) in [5.74, 6) is -0.00242. The Morgan fingerprint density at radius 2 is 1.80 bits per heavy atom. The van der Waals surface area contributed by atoms with Crippen LogP contribution in [0.1, 0.15) is 11.1 Å². The molecular formula is C12H11NO2. The summed E-state index contributed by atoms with van der Waals surface area (Å²) < 4.78 is 4.88. The third-order valence-corrected chi connectivity index (χ3v) is 2.23. The summed E-state index contributed by atoms with van der Waals surface area (Å²) in [6.07, 6.45) is 2.95. The van der Waals surface area contributed by atoms with Crippen molar-refractivity contribution >= 4 is 17.6 Å². The number of para-hydroxylation sites is 1. The van der Waals surface area contributed by atoms with Crippen molar-refractivity contribution in [1.82, 2.24) is 0 Å². The second kappa shape index (κ2) is 3.69. The number of ether oxygens (including phenoxy) is 1. The van der Waals surface area contributed by atoms with Gasteiger partial charge in [-0.1, -0.05) is 18.2 Å². The van der Waals surface area contributed by atoms with Gasteiger partial charge in [0.2, 0.25) is 5.90 Å². The fourth-order valence-electron chi connectivity index (χ4n) is 1.46. The van der Waals surface area contributed by atoms with E-state index in [2.05, 4.69) is 4.99 Å². The van der Waals surface area contributed by atoms with Crippen LogP contribution in [0.25, 0.3) is 0 Å². The molecule has 0 aliphatic carbocycles. The quantitative estimate of drug-likeness (QED) is 0.654. The molecule has 3 nitrogen and oxygen atoms in total. The van der Waals surface area contributed by atoms with Crippen LogP contribution in [-0.2, 0) is 9.53 Å². The molecule has 0 fully saturated rings. The SMILES string of the molecule is Cc1cccc(C)c1N=C1C=CC(=O)O1. The zero-order valence-corrected chi connectivity index (χ0v) is 8.65. The molecule has 0 bridgehead atoms. The second-order valence-electron chi connectivity index (χ2n) is 3.44. The molecular weight excluding hydrogens is 190 g/mol. The van der Waals surface area contributed by atoms with Crippen molar-refractivity contribution in [2.24, 2.45) is 4.99 Å². The van der Waals surface area contributed by atoms with E-state index in [1.807, 2.05) is 32.0 Å². The summed E-state index contributed by atoms with van der Waals surface area (Å²) in [7, 11) is 0. The van der Waals surface area contributed by atoms with Crippen molar-refractivity contribution in [3.8, 4) is 0 Å². The van der Waals surface area contributed by atoms with Gasteiger partial charge in [-0.25, -0.2) is 9.79 Å². The van der Waals surface area contributed by atoms with Crippen LogP contribution < -0.4 is 0 Å². The van der Waals surface area contributed by atoms with Gasteiger partial charge in [0.05, 0.1) is 5.69 Å². The summed E-state index contributed by atoms with van der Waals surface area (Å²) in [6, 6.07) is 5.94. The number of esters is 1. The van der Waals surface area contributed by atoms with Gasteiger partial charge in [0.15, 0.2) is 0 Å². The predicted octanol–water partition coefficient (Wildman–Crippen LogP) is 2.45. The number of nitrogens with zero attached hydrogens (tertiary/aromatic N) is 1. The number of aliphatic imine (C=N–C) groups is 1. The lowest BCUT2D eigenvalue weighted by molar-refractivity contribution is -0.129. The van der Waals surface area contributed by atoms with Gasteiger partial charge in [0.25, 0.3) is 0 Å². The van der Waals surface area contributed by atoms with Crippen LogP contribution in [0.2, 0.25) is 0 Å². The summed E-state index contributed by atoms with van der Waals surface area (Å²) in [5.41, 5.74) is 3.00. The molecule has 3 heteroatoms. The van der Waals surface area contributed by atoms with Crippen molar-refractivity contribution < 1.29 is 9.53 Å². The minimum absolute atomic E-state index is 0.359. The lowest BCUT2D eigenvalue weighted by Crippen LogP contribution is -1.99. The molecule has 1 aliphatic heterocycles. The summed E-state index contributed by atoms with van der Waals surface area (Å²) >= 11 is 0. The van der Waals surface area contributed by atoms with Crippen LogP contribution in [0.15, 0.2) is 35.3 Å². The summed E-state index contributed by atoms with van der Waals surface area (Å²) in [4.78, 5) is 15.1. The molecule has 1 aromatic rings. The topological polar surface area (TPSA) is 38.7 Å². The number of rotatable bonds is 1. The normalized spacial score (nSPS) is 17.2. The molecule has 0 aromatic heterocycles. The first kappa shape index (κ1) is 9.65. The Bertz CT molecular complexity index is 452. The molecule has 0 saturated heterocycles. The summed E-state index contributed by atoms with van der Waals surface area (Å²) in [5, 5.41) is 0. The number of hydrogen-bond donors (Lipinski definition) is 0. The van der Waals surface area contributed by atoms with E-state index in [0.29, 0.717) is 5.90 Å². The highest BCUT2D eigenvalue weighted by Crippen LogP contribution is 2.23. The Kier molecular flexibility index (Phi) is 2.37. The standard InChI is InChI=1S/C12H11NO2/c1-8-4-3-5-9(2)12(8)13-10-6-7-11(14)15-10/h3-7H,1-2H3. The van der Waals surface area contributed by atoms with E-state index in [1.165, 1.54) is 6.08 Å². The van der Waals surface area contributed by atoms with Gasteiger partial charge in [-0.15, -0.1) is 0 Å². The molecule has 0 saturated carbocycles. The lowest BCUT2D eigenvalue weighted by atomic mass is 10.1. The minimum atomic E-state index is -0.361. The molecule has 0 spiro atoms. The van der Waals surface area contributed by atoms with Gasteiger partial charge in [-0.05, 0) is 25.0 Å². The highest BCUT2D eigenvalue weighted by molar-refractivity contribution is 6.08. The van der Waals surface area contributed by atoms with E-state index in [4.69, 9.17) is 4.74 Å². The van der Waals surface area contributed by atoms with Gasteiger partial charge < -0.3 is 4.74 Å². The fourth-order valence-corrected chi connectivity index (χ4v) is 1.46. The summed E-state index contributed by atoms with van der Waals surface area (Å²) in [6.45, 7) is 3.96. The van der Waals surface area contributed by atoms with Gasteiger partial charge in [0, 0.05) is 12.2 Å². The lowest BCUT2D eigenvalue weighted by Gasteiger charge is -2.04. The van der Waals surface area contributed by atoms with Crippen molar-refractivity contribution in [2.75, 3.05) is 0 Å². The molecule has 0 atom stereocenters. The number of carbonyl (C=O) groups is 1. The number of aryl methyl sites for hydroxylation is 2. The van der Waals surface area contributed by atoms with Crippen molar-refractivity contribution in [2.45, 2.75) is 13.8 Å². The number of carbonyl (C=O) groups excluding carboxylic acids is 1. The van der Waals surface area contributed by atoms with Crippen LogP contribution in [0.5, 0.6) is 0 Å². The number of benzene rings is 1. The Morgan fingerprint density at radius 3 is 2.33 bits per heavy atom. The Morgan fingerprint density at radius 1 is 1.13 bits per heavy atom. The number of cyclic esters (lactones) is 1. The van der Waals surface area contributed by atoms with E-state index in [1.54, 1.807) is 6.08 Å². The molecule has 15 heavy (non-hydrogen) atoms. The van der Waals surface area contributed by atoms with E-state index in [-0.39, 0.29) is 5.97 Å². The van der Waals surface area contributed by atoms with Crippen molar-refractivity contribution in [3.63, 3.8) is 0 Å². The second-order valence-corrected chi connectivity index (χ2v) is 3.44. The van der Waals surface area contributed by atoms with Crippen LogP contribution in [0.3, 0.4) is 0 Å². The van der Waals surface area contributed by atoms with Crippen molar-refractivity contribution in [3.05, 3.63) is 41.5 Å². The van der Waals surface area contributed by atoms with Crippen LogP contribution in [-0.4, -0.2) is 11.9 Å². The maximum atomic E-state index is 10.8. The predicted molar refractivity (Wildman–Crippen MR) is 58.2 cm³/mol. The van der Waals surface area contributed by atoms with Gasteiger partial charge >= 0.3 is 5.97 Å². The molecule has 0 N–H and O–H groups in total. The van der Waals surface area contributed by atoms with E-state index in [9.17, 15) is 4.79 Å².